The maximum absolute atomic E-state index is 12.7. The molecule has 1 aliphatic heterocycles. The second kappa shape index (κ2) is 8.19. The Bertz CT molecular complexity index is 702. The van der Waals surface area contributed by atoms with Gasteiger partial charge in [-0.15, -0.1) is 0 Å². The molecular weight excluding hydrogens is 362 g/mol. The lowest BCUT2D eigenvalue weighted by molar-refractivity contribution is -0.895. The van der Waals surface area contributed by atoms with E-state index in [4.69, 9.17) is 11.6 Å². The standard InChI is InChI=1S/C21H28ClN3O2/c22-18-3-1-2-4-19(18)23-20(26)14-24-7-9-25(10-8-24)21(27)13-17-12-15-5-6-16(17)11-15/h1-4,15-17H,5-14H2,(H,23,26)/p+1/t15-,16+,17-/m0/s1. The number of quaternary nitrogens is 1. The summed E-state index contributed by atoms with van der Waals surface area (Å²) in [6.07, 6.45) is 6.08. The highest BCUT2D eigenvalue weighted by Crippen LogP contribution is 2.49. The molecular formula is C21H29ClN3O2+. The molecule has 0 radical (unpaired) electrons. The minimum Gasteiger partial charge on any atom is -0.331 e. The van der Waals surface area contributed by atoms with Gasteiger partial charge in [0.1, 0.15) is 0 Å². The highest BCUT2D eigenvalue weighted by molar-refractivity contribution is 6.33. The molecule has 1 saturated heterocycles. The maximum Gasteiger partial charge on any atom is 0.279 e. The largest absolute Gasteiger partial charge is 0.331 e. The van der Waals surface area contributed by atoms with Gasteiger partial charge in [0.05, 0.1) is 36.9 Å². The van der Waals surface area contributed by atoms with Crippen LogP contribution in [0, 0.1) is 17.8 Å². The molecule has 0 aromatic heterocycles. The highest BCUT2D eigenvalue weighted by Gasteiger charge is 2.41. The second-order valence-corrected chi connectivity index (χ2v) is 8.88. The van der Waals surface area contributed by atoms with Crippen LogP contribution in [0.25, 0.3) is 0 Å². The van der Waals surface area contributed by atoms with E-state index in [1.807, 2.05) is 23.1 Å². The number of nitrogens with zero attached hydrogens (tertiary/aromatic N) is 1. The van der Waals surface area contributed by atoms with Crippen LogP contribution >= 0.6 is 11.6 Å². The van der Waals surface area contributed by atoms with Crippen molar-refractivity contribution >= 4 is 29.1 Å². The van der Waals surface area contributed by atoms with Crippen LogP contribution in [0.2, 0.25) is 5.02 Å². The molecule has 1 heterocycles. The van der Waals surface area contributed by atoms with Crippen molar-refractivity contribution in [1.82, 2.24) is 4.90 Å². The lowest BCUT2D eigenvalue weighted by atomic mass is 9.86. The zero-order chi connectivity index (χ0) is 18.8. The molecule has 3 aliphatic rings. The predicted octanol–water partition coefficient (Wildman–Crippen LogP) is 1.83. The summed E-state index contributed by atoms with van der Waals surface area (Å²) < 4.78 is 0. The first-order valence-electron chi connectivity index (χ1n) is 10.2. The summed E-state index contributed by atoms with van der Waals surface area (Å²) in [4.78, 5) is 28.2. The molecule has 1 aromatic carbocycles. The number of halogens is 1. The van der Waals surface area contributed by atoms with Crippen molar-refractivity contribution in [2.24, 2.45) is 17.8 Å². The molecule has 27 heavy (non-hydrogen) atoms. The Kier molecular flexibility index (Phi) is 5.69. The zero-order valence-electron chi connectivity index (χ0n) is 15.8. The third-order valence-electron chi connectivity index (χ3n) is 6.70. The quantitative estimate of drug-likeness (QED) is 0.806. The van der Waals surface area contributed by atoms with Crippen molar-refractivity contribution in [3.05, 3.63) is 29.3 Å². The van der Waals surface area contributed by atoms with Crippen LogP contribution in [0.3, 0.4) is 0 Å². The summed E-state index contributed by atoms with van der Waals surface area (Å²) >= 11 is 6.09. The molecule has 2 N–H and O–H groups in total. The van der Waals surface area contributed by atoms with E-state index in [2.05, 4.69) is 5.32 Å². The minimum atomic E-state index is -0.0279. The summed E-state index contributed by atoms with van der Waals surface area (Å²) in [5.41, 5.74) is 0.656. The van der Waals surface area contributed by atoms with E-state index in [1.165, 1.54) is 30.6 Å². The number of carbonyl (C=O) groups is 2. The number of piperazine rings is 1. The molecule has 3 fully saturated rings. The van der Waals surface area contributed by atoms with Crippen molar-refractivity contribution in [2.75, 3.05) is 38.0 Å². The summed E-state index contributed by atoms with van der Waals surface area (Å²) in [6.45, 7) is 3.60. The zero-order valence-corrected chi connectivity index (χ0v) is 16.5. The number of fused-ring (bicyclic) bond motifs is 2. The number of rotatable bonds is 5. The van der Waals surface area contributed by atoms with E-state index < -0.39 is 0 Å². The van der Waals surface area contributed by atoms with Gasteiger partial charge in [-0.25, -0.2) is 0 Å². The lowest BCUT2D eigenvalue weighted by Crippen LogP contribution is -3.15. The lowest BCUT2D eigenvalue weighted by Gasteiger charge is -2.33. The van der Waals surface area contributed by atoms with Crippen molar-refractivity contribution in [3.8, 4) is 0 Å². The fraction of sp³-hybridized carbons (Fsp3) is 0.619. The van der Waals surface area contributed by atoms with Crippen LogP contribution in [0.1, 0.15) is 32.1 Å². The van der Waals surface area contributed by atoms with E-state index in [0.29, 0.717) is 29.1 Å². The van der Waals surface area contributed by atoms with Gasteiger partial charge < -0.3 is 15.1 Å². The van der Waals surface area contributed by atoms with Crippen LogP contribution in [-0.4, -0.2) is 49.4 Å². The Morgan fingerprint density at radius 1 is 1.15 bits per heavy atom. The van der Waals surface area contributed by atoms with Crippen LogP contribution < -0.4 is 10.2 Å². The summed E-state index contributed by atoms with van der Waals surface area (Å²) in [6, 6.07) is 7.28. The van der Waals surface area contributed by atoms with Gasteiger partial charge >= 0.3 is 0 Å². The van der Waals surface area contributed by atoms with Crippen LogP contribution in [0.15, 0.2) is 24.3 Å². The van der Waals surface area contributed by atoms with Crippen LogP contribution in [0.5, 0.6) is 0 Å². The van der Waals surface area contributed by atoms with Gasteiger partial charge in [-0.05, 0) is 49.1 Å². The van der Waals surface area contributed by atoms with Crippen LogP contribution in [0.4, 0.5) is 5.69 Å². The Labute approximate surface area is 166 Å². The molecule has 0 unspecified atom stereocenters. The molecule has 6 heteroatoms. The topological polar surface area (TPSA) is 53.9 Å². The van der Waals surface area contributed by atoms with Crippen molar-refractivity contribution in [2.45, 2.75) is 32.1 Å². The molecule has 3 atom stereocenters. The van der Waals surface area contributed by atoms with Gasteiger partial charge in [0.25, 0.3) is 5.91 Å². The monoisotopic (exact) mass is 390 g/mol. The van der Waals surface area contributed by atoms with Gasteiger partial charge in [0.15, 0.2) is 6.54 Å². The number of anilines is 1. The van der Waals surface area contributed by atoms with Gasteiger partial charge in [-0.2, -0.15) is 0 Å². The first-order chi connectivity index (χ1) is 13.1. The number of nitrogens with one attached hydrogen (secondary N) is 2. The Morgan fingerprint density at radius 2 is 1.93 bits per heavy atom. The summed E-state index contributed by atoms with van der Waals surface area (Å²) in [5, 5.41) is 3.44. The third kappa shape index (κ3) is 4.46. The molecule has 2 aliphatic carbocycles. The van der Waals surface area contributed by atoms with Gasteiger partial charge in [0.2, 0.25) is 5.91 Å². The van der Waals surface area contributed by atoms with E-state index in [1.54, 1.807) is 6.07 Å². The second-order valence-electron chi connectivity index (χ2n) is 8.47. The van der Waals surface area contributed by atoms with Gasteiger partial charge in [-0.1, -0.05) is 30.2 Å². The molecule has 0 spiro atoms. The molecule has 2 bridgehead atoms. The number of carbonyl (C=O) groups excluding carboxylic acids is 2. The van der Waals surface area contributed by atoms with E-state index in [-0.39, 0.29) is 5.91 Å². The predicted molar refractivity (Wildman–Crippen MR) is 106 cm³/mol. The number of hydrogen-bond acceptors (Lipinski definition) is 2. The average molecular weight is 391 g/mol. The SMILES string of the molecule is O=C(C[NH+]1CCN(C(=O)C[C@@H]2C[C@H]3CC[C@@H]2C3)CC1)Nc1ccccc1Cl. The molecule has 2 saturated carbocycles. The Morgan fingerprint density at radius 3 is 2.59 bits per heavy atom. The van der Waals surface area contributed by atoms with Crippen molar-refractivity contribution in [3.63, 3.8) is 0 Å². The Balaban J connectivity index is 1.20. The molecule has 146 valence electrons. The van der Waals surface area contributed by atoms with Crippen molar-refractivity contribution in [1.29, 1.82) is 0 Å². The number of amides is 2. The smallest absolute Gasteiger partial charge is 0.279 e. The van der Waals surface area contributed by atoms with E-state index in [0.717, 1.165) is 44.4 Å². The molecule has 5 nitrogen and oxygen atoms in total. The fourth-order valence-electron chi connectivity index (χ4n) is 5.21. The van der Waals surface area contributed by atoms with Gasteiger partial charge in [-0.3, -0.25) is 9.59 Å². The number of hydrogen-bond donors (Lipinski definition) is 2. The molecule has 1 aromatic rings. The number of benzene rings is 1. The maximum atomic E-state index is 12.7. The highest BCUT2D eigenvalue weighted by atomic mass is 35.5. The first-order valence-corrected chi connectivity index (χ1v) is 10.6. The number of para-hydroxylation sites is 1. The van der Waals surface area contributed by atoms with E-state index in [9.17, 15) is 9.59 Å². The first kappa shape index (κ1) is 18.8. The summed E-state index contributed by atoms with van der Waals surface area (Å²) in [7, 11) is 0. The summed E-state index contributed by atoms with van der Waals surface area (Å²) in [5.74, 6) is 2.63. The van der Waals surface area contributed by atoms with Crippen molar-refractivity contribution < 1.29 is 14.5 Å². The minimum absolute atomic E-state index is 0.0279. The molecule has 2 amide bonds. The molecule has 4 rings (SSSR count). The fourth-order valence-corrected chi connectivity index (χ4v) is 5.40. The third-order valence-corrected chi connectivity index (χ3v) is 7.03. The average Bonchev–Trinajstić information content (AvgIpc) is 3.27. The van der Waals surface area contributed by atoms with Crippen LogP contribution in [-0.2, 0) is 9.59 Å². The Hall–Kier alpha value is -1.59. The normalized spacial score (nSPS) is 27.7. The van der Waals surface area contributed by atoms with E-state index >= 15 is 0 Å². The van der Waals surface area contributed by atoms with Gasteiger partial charge in [0, 0.05) is 6.42 Å².